The maximum Gasteiger partial charge on any atom is 0.216 e. The number of fused-ring (bicyclic) bond motifs is 1. The van der Waals surface area contributed by atoms with Gasteiger partial charge in [0.25, 0.3) is 0 Å². The van der Waals surface area contributed by atoms with Crippen LogP contribution < -0.4 is 9.46 Å². The molecule has 0 fully saturated rings. The summed E-state index contributed by atoms with van der Waals surface area (Å²) in [4.78, 5) is 0. The van der Waals surface area contributed by atoms with E-state index in [4.69, 9.17) is 4.74 Å². The molecule has 4 nitrogen and oxygen atoms in total. The Labute approximate surface area is 162 Å². The van der Waals surface area contributed by atoms with Gasteiger partial charge in [0.2, 0.25) is 10.0 Å². The molecule has 0 aliphatic carbocycles. The Morgan fingerprint density at radius 1 is 0.929 bits per heavy atom. The second-order valence-corrected chi connectivity index (χ2v) is 7.78. The fraction of sp³-hybridized carbons (Fsp3) is 0.143. The van der Waals surface area contributed by atoms with Crippen molar-refractivity contribution in [3.63, 3.8) is 0 Å². The lowest BCUT2D eigenvalue weighted by atomic mass is 10.1. The van der Waals surface area contributed by atoms with Crippen molar-refractivity contribution in [3.8, 4) is 17.6 Å². The Morgan fingerprint density at radius 3 is 2.43 bits per heavy atom. The molecule has 0 spiro atoms. The fourth-order valence-corrected chi connectivity index (χ4v) is 3.66. The summed E-state index contributed by atoms with van der Waals surface area (Å²) in [5.74, 6) is 3.91. The van der Waals surface area contributed by atoms with Gasteiger partial charge >= 0.3 is 0 Å². The largest absolute Gasteiger partial charge is 0.480 e. The zero-order chi connectivity index (χ0) is 20.0. The summed E-state index contributed by atoms with van der Waals surface area (Å²) < 4.78 is 58.1. The Kier molecular flexibility index (Phi) is 6.24. The molecule has 28 heavy (non-hydrogen) atoms. The first-order valence-corrected chi connectivity index (χ1v) is 10.1. The van der Waals surface area contributed by atoms with E-state index in [1.54, 1.807) is 0 Å². The van der Waals surface area contributed by atoms with Gasteiger partial charge in [-0.1, -0.05) is 48.2 Å². The number of rotatable bonds is 6. The molecule has 0 aliphatic heterocycles. The number of hydrogen-bond acceptors (Lipinski definition) is 3. The van der Waals surface area contributed by atoms with Crippen LogP contribution in [0, 0.1) is 23.5 Å². The molecule has 0 atom stereocenters. The van der Waals surface area contributed by atoms with Gasteiger partial charge in [-0.3, -0.25) is 0 Å². The highest BCUT2D eigenvalue weighted by molar-refractivity contribution is 7.88. The minimum absolute atomic E-state index is 0.0252. The SMILES string of the molecule is O=S(=O)(Cc1cc(F)cc(F)c1)NCC#CCOc1cccc2ccccc12. The molecule has 3 aromatic rings. The Morgan fingerprint density at radius 2 is 1.64 bits per heavy atom. The van der Waals surface area contributed by atoms with Gasteiger partial charge in [-0.05, 0) is 29.1 Å². The van der Waals surface area contributed by atoms with E-state index in [9.17, 15) is 17.2 Å². The topological polar surface area (TPSA) is 55.4 Å². The summed E-state index contributed by atoms with van der Waals surface area (Å²) in [6.07, 6.45) is 0. The van der Waals surface area contributed by atoms with Crippen LogP contribution >= 0.6 is 0 Å². The predicted molar refractivity (Wildman–Crippen MR) is 104 cm³/mol. The summed E-state index contributed by atoms with van der Waals surface area (Å²) in [6.45, 7) is -0.0239. The summed E-state index contributed by atoms with van der Waals surface area (Å²) in [7, 11) is -3.76. The minimum Gasteiger partial charge on any atom is -0.480 e. The van der Waals surface area contributed by atoms with Crippen molar-refractivity contribution in [2.24, 2.45) is 0 Å². The third kappa shape index (κ3) is 5.52. The smallest absolute Gasteiger partial charge is 0.216 e. The number of ether oxygens (including phenoxy) is 1. The van der Waals surface area contributed by atoms with Gasteiger partial charge in [-0.2, -0.15) is 0 Å². The molecule has 0 aliphatic rings. The molecule has 0 radical (unpaired) electrons. The normalized spacial score (nSPS) is 11.1. The van der Waals surface area contributed by atoms with Crippen molar-refractivity contribution in [3.05, 3.63) is 77.9 Å². The fourth-order valence-electron chi connectivity index (χ4n) is 2.66. The van der Waals surface area contributed by atoms with Gasteiger partial charge in [0, 0.05) is 11.5 Å². The van der Waals surface area contributed by atoms with Crippen LogP contribution in [0.3, 0.4) is 0 Å². The Bertz CT molecular complexity index is 1130. The van der Waals surface area contributed by atoms with Crippen molar-refractivity contribution in [1.29, 1.82) is 0 Å². The van der Waals surface area contributed by atoms with E-state index in [1.807, 2.05) is 42.5 Å². The first-order chi connectivity index (χ1) is 13.4. The Balaban J connectivity index is 1.52. The lowest BCUT2D eigenvalue weighted by Crippen LogP contribution is -2.25. The molecule has 3 aromatic carbocycles. The van der Waals surface area contributed by atoms with E-state index in [0.717, 1.165) is 22.9 Å². The standard InChI is InChI=1S/C21H17F2NO3S/c22-18-12-16(13-19(23)14-18)15-28(25,26)24-10-3-4-11-27-21-9-5-7-17-6-1-2-8-20(17)21/h1-2,5-9,12-14,24H,10-11,15H2. The van der Waals surface area contributed by atoms with Gasteiger partial charge in [0.15, 0.2) is 0 Å². The van der Waals surface area contributed by atoms with Gasteiger partial charge in [-0.15, -0.1) is 0 Å². The van der Waals surface area contributed by atoms with Crippen LogP contribution in [0.15, 0.2) is 60.7 Å². The van der Waals surface area contributed by atoms with Crippen molar-refractivity contribution in [1.82, 2.24) is 4.72 Å². The lowest BCUT2D eigenvalue weighted by molar-refractivity contribution is 0.374. The van der Waals surface area contributed by atoms with E-state index in [1.165, 1.54) is 0 Å². The van der Waals surface area contributed by atoms with Crippen molar-refractivity contribution >= 4 is 20.8 Å². The number of nitrogens with one attached hydrogen (secondary N) is 1. The molecule has 3 rings (SSSR count). The van der Waals surface area contributed by atoms with Gasteiger partial charge < -0.3 is 4.74 Å². The summed E-state index contributed by atoms with van der Waals surface area (Å²) in [6, 6.07) is 16.1. The molecule has 0 saturated heterocycles. The van der Waals surface area contributed by atoms with Crippen LogP contribution in [-0.2, 0) is 15.8 Å². The maximum atomic E-state index is 13.1. The molecular weight excluding hydrogens is 384 g/mol. The molecule has 0 bridgehead atoms. The quantitative estimate of drug-likeness (QED) is 0.642. The zero-order valence-electron chi connectivity index (χ0n) is 14.8. The monoisotopic (exact) mass is 401 g/mol. The zero-order valence-corrected chi connectivity index (χ0v) is 15.6. The highest BCUT2D eigenvalue weighted by Gasteiger charge is 2.12. The van der Waals surface area contributed by atoms with Crippen molar-refractivity contribution < 1.29 is 21.9 Å². The number of halogens is 2. The van der Waals surface area contributed by atoms with Crippen molar-refractivity contribution in [2.75, 3.05) is 13.2 Å². The average Bonchev–Trinajstić information content (AvgIpc) is 2.63. The molecular formula is C21H17F2NO3S. The van der Waals surface area contributed by atoms with Crippen LogP contribution in [0.4, 0.5) is 8.78 Å². The first kappa shape index (κ1) is 19.8. The highest BCUT2D eigenvalue weighted by Crippen LogP contribution is 2.24. The van der Waals surface area contributed by atoms with Crippen molar-refractivity contribution in [2.45, 2.75) is 5.75 Å². The number of hydrogen-bond donors (Lipinski definition) is 1. The van der Waals surface area contributed by atoms with E-state index in [2.05, 4.69) is 16.6 Å². The first-order valence-electron chi connectivity index (χ1n) is 8.41. The molecule has 0 unspecified atom stereocenters. The minimum atomic E-state index is -3.76. The summed E-state index contributed by atoms with van der Waals surface area (Å²) in [5.41, 5.74) is 0.0252. The van der Waals surface area contributed by atoms with E-state index in [0.29, 0.717) is 11.8 Å². The summed E-state index contributed by atoms with van der Waals surface area (Å²) >= 11 is 0. The van der Waals surface area contributed by atoms with Crippen LogP contribution in [0.2, 0.25) is 0 Å². The summed E-state index contributed by atoms with van der Waals surface area (Å²) in [5, 5.41) is 2.02. The average molecular weight is 401 g/mol. The molecule has 1 N–H and O–H groups in total. The third-order valence-electron chi connectivity index (χ3n) is 3.83. The molecule has 7 heteroatoms. The molecule has 0 amide bonds. The van der Waals surface area contributed by atoms with Crippen LogP contribution in [-0.4, -0.2) is 21.6 Å². The van der Waals surface area contributed by atoms with Gasteiger partial charge in [0.1, 0.15) is 24.0 Å². The molecule has 144 valence electrons. The van der Waals surface area contributed by atoms with E-state index < -0.39 is 27.4 Å². The van der Waals surface area contributed by atoms with Crippen LogP contribution in [0.5, 0.6) is 5.75 Å². The third-order valence-corrected chi connectivity index (χ3v) is 5.13. The molecule has 0 aromatic heterocycles. The maximum absolute atomic E-state index is 13.1. The number of sulfonamides is 1. The van der Waals surface area contributed by atoms with E-state index in [-0.39, 0.29) is 18.7 Å². The Hall–Kier alpha value is -2.95. The predicted octanol–water partition coefficient (Wildman–Crippen LogP) is 3.62. The molecule has 0 heterocycles. The second kappa shape index (κ2) is 8.83. The van der Waals surface area contributed by atoms with Gasteiger partial charge in [-0.25, -0.2) is 21.9 Å². The second-order valence-electron chi connectivity index (χ2n) is 5.98. The lowest BCUT2D eigenvalue weighted by Gasteiger charge is -2.06. The highest BCUT2D eigenvalue weighted by atomic mass is 32.2. The molecule has 0 saturated carbocycles. The van der Waals surface area contributed by atoms with E-state index >= 15 is 0 Å². The van der Waals surface area contributed by atoms with Crippen LogP contribution in [0.1, 0.15) is 5.56 Å². The number of benzene rings is 3. The van der Waals surface area contributed by atoms with Crippen LogP contribution in [0.25, 0.3) is 10.8 Å². The van der Waals surface area contributed by atoms with Gasteiger partial charge in [0.05, 0.1) is 12.3 Å².